The molecule has 0 aliphatic heterocycles. The highest BCUT2D eigenvalue weighted by atomic mass is 35.5. The van der Waals surface area contributed by atoms with Gasteiger partial charge in [-0.25, -0.2) is 4.39 Å². The lowest BCUT2D eigenvalue weighted by Crippen LogP contribution is -2.09. The number of hydrogen-bond donors (Lipinski definition) is 1. The number of amides is 1. The first-order chi connectivity index (χ1) is 11.5. The zero-order valence-electron chi connectivity index (χ0n) is 12.9. The molecule has 3 nitrogen and oxygen atoms in total. The molecule has 2 aromatic carbocycles. The summed E-state index contributed by atoms with van der Waals surface area (Å²) < 4.78 is 13.5. The van der Waals surface area contributed by atoms with E-state index in [0.717, 1.165) is 11.3 Å². The van der Waals surface area contributed by atoms with Gasteiger partial charge in [-0.15, -0.1) is 0 Å². The van der Waals surface area contributed by atoms with Crippen LogP contribution in [-0.4, -0.2) is 10.9 Å². The summed E-state index contributed by atoms with van der Waals surface area (Å²) in [4.78, 5) is 16.5. The zero-order valence-corrected chi connectivity index (χ0v) is 13.6. The molecule has 0 radical (unpaired) electrons. The number of nitrogens with one attached hydrogen (secondary N) is 1. The molecule has 1 aromatic heterocycles. The van der Waals surface area contributed by atoms with Gasteiger partial charge >= 0.3 is 0 Å². The van der Waals surface area contributed by atoms with Crippen molar-refractivity contribution in [1.82, 2.24) is 4.98 Å². The standard InChI is InChI=1S/C19H14ClFN2O/c1-12-10-18(15-11-14(21)7-8-17(15)22-12)23-19(24)9-6-13-4-2-3-5-16(13)20/h2-11H,1H3,(H,22,23,24)/b9-6+. The van der Waals surface area contributed by atoms with Crippen LogP contribution in [0.2, 0.25) is 5.02 Å². The molecule has 0 aliphatic carbocycles. The van der Waals surface area contributed by atoms with Crippen LogP contribution in [0.3, 0.4) is 0 Å². The Bertz CT molecular complexity index is 953. The van der Waals surface area contributed by atoms with E-state index in [4.69, 9.17) is 11.6 Å². The second-order valence-corrected chi connectivity index (χ2v) is 5.72. The fraction of sp³-hybridized carbons (Fsp3) is 0.0526. The number of carbonyl (C=O) groups is 1. The SMILES string of the molecule is Cc1cc(NC(=O)/C=C/c2ccccc2Cl)c2cc(F)ccc2n1. The molecule has 0 bridgehead atoms. The first-order valence-corrected chi connectivity index (χ1v) is 7.71. The number of benzene rings is 2. The number of anilines is 1. The van der Waals surface area contributed by atoms with Crippen molar-refractivity contribution in [3.8, 4) is 0 Å². The second kappa shape index (κ2) is 6.81. The molecule has 24 heavy (non-hydrogen) atoms. The van der Waals surface area contributed by atoms with E-state index >= 15 is 0 Å². The van der Waals surface area contributed by atoms with Crippen LogP contribution in [0.25, 0.3) is 17.0 Å². The van der Waals surface area contributed by atoms with Gasteiger partial charge in [0.2, 0.25) is 5.91 Å². The number of nitrogens with zero attached hydrogens (tertiary/aromatic N) is 1. The second-order valence-electron chi connectivity index (χ2n) is 5.32. The summed E-state index contributed by atoms with van der Waals surface area (Å²) in [6, 6.07) is 13.2. The number of rotatable bonds is 3. The molecule has 0 saturated carbocycles. The lowest BCUT2D eigenvalue weighted by Gasteiger charge is -2.08. The van der Waals surface area contributed by atoms with E-state index in [1.807, 2.05) is 25.1 Å². The summed E-state index contributed by atoms with van der Waals surface area (Å²) >= 11 is 6.05. The lowest BCUT2D eigenvalue weighted by molar-refractivity contribution is -0.111. The van der Waals surface area contributed by atoms with Crippen molar-refractivity contribution >= 4 is 40.2 Å². The summed E-state index contributed by atoms with van der Waals surface area (Å²) in [5.41, 5.74) is 2.63. The van der Waals surface area contributed by atoms with Crippen molar-refractivity contribution in [2.45, 2.75) is 6.92 Å². The minimum atomic E-state index is -0.379. The van der Waals surface area contributed by atoms with Crippen LogP contribution in [0.5, 0.6) is 0 Å². The Morgan fingerprint density at radius 2 is 2.00 bits per heavy atom. The third-order valence-electron chi connectivity index (χ3n) is 3.48. The quantitative estimate of drug-likeness (QED) is 0.683. The highest BCUT2D eigenvalue weighted by molar-refractivity contribution is 6.32. The predicted molar refractivity (Wildman–Crippen MR) is 95.6 cm³/mol. The summed E-state index contributed by atoms with van der Waals surface area (Å²) in [6.45, 7) is 1.82. The van der Waals surface area contributed by atoms with Gasteiger partial charge in [0.25, 0.3) is 0 Å². The number of carbonyl (C=O) groups excluding carboxylic acids is 1. The van der Waals surface area contributed by atoms with Crippen molar-refractivity contribution < 1.29 is 9.18 Å². The van der Waals surface area contributed by atoms with Crippen molar-refractivity contribution in [2.24, 2.45) is 0 Å². The van der Waals surface area contributed by atoms with Gasteiger partial charge in [0.15, 0.2) is 0 Å². The van der Waals surface area contributed by atoms with Gasteiger partial charge < -0.3 is 5.32 Å². The number of fused-ring (bicyclic) bond motifs is 1. The van der Waals surface area contributed by atoms with Crippen molar-refractivity contribution in [2.75, 3.05) is 5.32 Å². The van der Waals surface area contributed by atoms with Crippen molar-refractivity contribution in [1.29, 1.82) is 0 Å². The lowest BCUT2D eigenvalue weighted by atomic mass is 10.1. The number of pyridine rings is 1. The molecule has 0 aliphatic rings. The molecule has 0 spiro atoms. The van der Waals surface area contributed by atoms with Crippen LogP contribution >= 0.6 is 11.6 Å². The van der Waals surface area contributed by atoms with Gasteiger partial charge in [-0.1, -0.05) is 29.8 Å². The third kappa shape index (κ3) is 3.60. The average Bonchev–Trinajstić information content (AvgIpc) is 2.55. The molecule has 1 heterocycles. The largest absolute Gasteiger partial charge is 0.322 e. The van der Waals surface area contributed by atoms with E-state index in [0.29, 0.717) is 21.6 Å². The van der Waals surface area contributed by atoms with E-state index in [-0.39, 0.29) is 11.7 Å². The average molecular weight is 341 g/mol. The van der Waals surface area contributed by atoms with Crippen LogP contribution in [0.1, 0.15) is 11.3 Å². The maximum absolute atomic E-state index is 13.5. The smallest absolute Gasteiger partial charge is 0.248 e. The summed E-state index contributed by atoms with van der Waals surface area (Å²) in [6.07, 6.45) is 3.02. The number of hydrogen-bond acceptors (Lipinski definition) is 2. The molecular weight excluding hydrogens is 327 g/mol. The Balaban J connectivity index is 1.88. The van der Waals surface area contributed by atoms with Gasteiger partial charge in [-0.05, 0) is 48.9 Å². The molecule has 0 fully saturated rings. The molecular formula is C19H14ClFN2O. The molecule has 1 N–H and O–H groups in total. The molecule has 0 saturated heterocycles. The molecule has 0 unspecified atom stereocenters. The summed E-state index contributed by atoms with van der Waals surface area (Å²) in [5.74, 6) is -0.707. The summed E-state index contributed by atoms with van der Waals surface area (Å²) in [7, 11) is 0. The molecule has 0 atom stereocenters. The molecule has 1 amide bonds. The van der Waals surface area contributed by atoms with E-state index in [9.17, 15) is 9.18 Å². The van der Waals surface area contributed by atoms with Gasteiger partial charge in [-0.2, -0.15) is 0 Å². The van der Waals surface area contributed by atoms with Crippen LogP contribution in [-0.2, 0) is 4.79 Å². The minimum Gasteiger partial charge on any atom is -0.322 e. The number of halogens is 2. The highest BCUT2D eigenvalue weighted by Gasteiger charge is 2.07. The van der Waals surface area contributed by atoms with Crippen LogP contribution < -0.4 is 5.32 Å². The zero-order chi connectivity index (χ0) is 17.1. The van der Waals surface area contributed by atoms with Gasteiger partial charge in [0, 0.05) is 22.2 Å². The topological polar surface area (TPSA) is 42.0 Å². The molecule has 3 rings (SSSR count). The van der Waals surface area contributed by atoms with Gasteiger partial charge in [0.1, 0.15) is 5.82 Å². The molecule has 5 heteroatoms. The Morgan fingerprint density at radius 3 is 2.79 bits per heavy atom. The minimum absolute atomic E-state index is 0.328. The Hall–Kier alpha value is -2.72. The van der Waals surface area contributed by atoms with Crippen LogP contribution in [0.4, 0.5) is 10.1 Å². The first kappa shape index (κ1) is 16.1. The number of aryl methyl sites for hydroxylation is 1. The van der Waals surface area contributed by atoms with Crippen LogP contribution in [0.15, 0.2) is 54.6 Å². The van der Waals surface area contributed by atoms with E-state index in [1.54, 1.807) is 24.3 Å². The Kier molecular flexibility index (Phi) is 4.58. The number of aromatic nitrogens is 1. The highest BCUT2D eigenvalue weighted by Crippen LogP contribution is 2.24. The maximum atomic E-state index is 13.5. The van der Waals surface area contributed by atoms with Crippen molar-refractivity contribution in [3.63, 3.8) is 0 Å². The maximum Gasteiger partial charge on any atom is 0.248 e. The van der Waals surface area contributed by atoms with E-state index in [1.165, 1.54) is 18.2 Å². The van der Waals surface area contributed by atoms with Crippen LogP contribution in [0, 0.1) is 12.7 Å². The van der Waals surface area contributed by atoms with Gasteiger partial charge in [0.05, 0.1) is 11.2 Å². The fourth-order valence-corrected chi connectivity index (χ4v) is 2.58. The van der Waals surface area contributed by atoms with E-state index in [2.05, 4.69) is 10.3 Å². The monoisotopic (exact) mass is 340 g/mol. The molecule has 3 aromatic rings. The van der Waals surface area contributed by atoms with Gasteiger partial charge in [-0.3, -0.25) is 9.78 Å². The Morgan fingerprint density at radius 1 is 1.21 bits per heavy atom. The molecule has 120 valence electrons. The fourth-order valence-electron chi connectivity index (χ4n) is 2.38. The normalized spacial score (nSPS) is 11.1. The first-order valence-electron chi connectivity index (χ1n) is 7.33. The Labute approximate surface area is 143 Å². The van der Waals surface area contributed by atoms with E-state index < -0.39 is 0 Å². The summed E-state index contributed by atoms with van der Waals surface area (Å²) in [5, 5.41) is 3.89. The van der Waals surface area contributed by atoms with Crippen molar-refractivity contribution in [3.05, 3.63) is 76.7 Å². The third-order valence-corrected chi connectivity index (χ3v) is 3.82. The predicted octanol–water partition coefficient (Wildman–Crippen LogP) is 4.99.